The lowest BCUT2D eigenvalue weighted by Crippen LogP contribution is -1.98. The summed E-state index contributed by atoms with van der Waals surface area (Å²) < 4.78 is 5.27. The summed E-state index contributed by atoms with van der Waals surface area (Å²) in [6.45, 7) is 0. The van der Waals surface area contributed by atoms with Gasteiger partial charge in [0.05, 0.1) is 23.7 Å². The molecule has 0 unspecified atom stereocenters. The van der Waals surface area contributed by atoms with E-state index in [0.29, 0.717) is 22.4 Å². The van der Waals surface area contributed by atoms with E-state index in [1.807, 2.05) is 6.07 Å². The molecule has 2 aromatic rings. The zero-order valence-electron chi connectivity index (χ0n) is 11.3. The van der Waals surface area contributed by atoms with Gasteiger partial charge in [0, 0.05) is 23.3 Å². The highest BCUT2D eigenvalue weighted by molar-refractivity contribution is 5.87. The number of ether oxygens (including phenoxy) is 1. The standard InChI is InChI=1S/C16H12N2O3/c1-21-16-9-5-3-7-14(16)12(10-11-17)13-6-2-4-8-15(13)18(19)20/h2-10H,1H3/b12-10-. The molecule has 5 nitrogen and oxygen atoms in total. The van der Waals surface area contributed by atoms with Gasteiger partial charge < -0.3 is 4.74 Å². The Labute approximate surface area is 121 Å². The van der Waals surface area contributed by atoms with Crippen molar-refractivity contribution in [2.75, 3.05) is 7.11 Å². The Balaban J connectivity index is 2.70. The minimum Gasteiger partial charge on any atom is -0.496 e. The molecule has 0 fully saturated rings. The highest BCUT2D eigenvalue weighted by atomic mass is 16.6. The van der Waals surface area contributed by atoms with Gasteiger partial charge in [-0.2, -0.15) is 5.26 Å². The van der Waals surface area contributed by atoms with Crippen molar-refractivity contribution < 1.29 is 9.66 Å². The van der Waals surface area contributed by atoms with Crippen LogP contribution in [0, 0.1) is 21.4 Å². The van der Waals surface area contributed by atoms with E-state index in [2.05, 4.69) is 0 Å². The number of benzene rings is 2. The van der Waals surface area contributed by atoms with Crippen molar-refractivity contribution in [1.82, 2.24) is 0 Å². The molecular formula is C16H12N2O3. The summed E-state index contributed by atoms with van der Waals surface area (Å²) in [5, 5.41) is 20.2. The van der Waals surface area contributed by atoms with Crippen LogP contribution in [0.15, 0.2) is 54.6 Å². The first kappa shape index (κ1) is 14.3. The largest absolute Gasteiger partial charge is 0.496 e. The number of hydrogen-bond acceptors (Lipinski definition) is 4. The smallest absolute Gasteiger partial charge is 0.277 e. The topological polar surface area (TPSA) is 76.2 Å². The van der Waals surface area contributed by atoms with Crippen molar-refractivity contribution in [2.45, 2.75) is 0 Å². The summed E-state index contributed by atoms with van der Waals surface area (Å²) in [5.41, 5.74) is 1.43. The first-order valence-corrected chi connectivity index (χ1v) is 6.16. The van der Waals surface area contributed by atoms with E-state index in [0.717, 1.165) is 0 Å². The molecule has 0 N–H and O–H groups in total. The number of nitrogens with zero attached hydrogens (tertiary/aromatic N) is 2. The average Bonchev–Trinajstić information content (AvgIpc) is 2.52. The van der Waals surface area contributed by atoms with Gasteiger partial charge in [0.15, 0.2) is 0 Å². The molecule has 21 heavy (non-hydrogen) atoms. The van der Waals surface area contributed by atoms with Crippen molar-refractivity contribution in [1.29, 1.82) is 5.26 Å². The SMILES string of the molecule is COc1ccccc1/C(=C\C#N)c1ccccc1[N+](=O)[O-]. The molecule has 0 aliphatic heterocycles. The van der Waals surface area contributed by atoms with E-state index in [9.17, 15) is 10.1 Å². The van der Waals surface area contributed by atoms with Gasteiger partial charge in [0.2, 0.25) is 0 Å². The lowest BCUT2D eigenvalue weighted by atomic mass is 9.95. The number of nitro groups is 1. The molecular weight excluding hydrogens is 268 g/mol. The zero-order chi connectivity index (χ0) is 15.2. The van der Waals surface area contributed by atoms with Gasteiger partial charge in [-0.15, -0.1) is 0 Å². The fourth-order valence-electron chi connectivity index (χ4n) is 2.09. The van der Waals surface area contributed by atoms with Crippen LogP contribution < -0.4 is 4.74 Å². The van der Waals surface area contributed by atoms with Crippen LogP contribution in [0.2, 0.25) is 0 Å². The van der Waals surface area contributed by atoms with E-state index >= 15 is 0 Å². The van der Waals surface area contributed by atoms with Gasteiger partial charge in [0.1, 0.15) is 5.75 Å². The van der Waals surface area contributed by atoms with Crippen molar-refractivity contribution in [3.8, 4) is 11.8 Å². The lowest BCUT2D eigenvalue weighted by Gasteiger charge is -2.11. The summed E-state index contributed by atoms with van der Waals surface area (Å²) in [4.78, 5) is 10.7. The molecule has 0 radical (unpaired) electrons. The zero-order valence-corrected chi connectivity index (χ0v) is 11.3. The molecule has 0 spiro atoms. The van der Waals surface area contributed by atoms with Crippen LogP contribution in [0.1, 0.15) is 11.1 Å². The Morgan fingerprint density at radius 1 is 1.19 bits per heavy atom. The Morgan fingerprint density at radius 3 is 2.43 bits per heavy atom. The molecule has 0 atom stereocenters. The predicted octanol–water partition coefficient (Wildman–Crippen LogP) is 3.56. The minimum atomic E-state index is -0.462. The summed E-state index contributed by atoms with van der Waals surface area (Å²) in [5.74, 6) is 0.553. The normalized spacial score (nSPS) is 10.8. The van der Waals surface area contributed by atoms with Crippen LogP contribution in [-0.2, 0) is 0 Å². The molecule has 0 bridgehead atoms. The molecule has 0 aliphatic carbocycles. The van der Waals surface area contributed by atoms with Crippen LogP contribution in [-0.4, -0.2) is 12.0 Å². The highest BCUT2D eigenvalue weighted by Crippen LogP contribution is 2.35. The fourth-order valence-corrected chi connectivity index (χ4v) is 2.09. The van der Waals surface area contributed by atoms with Crippen LogP contribution >= 0.6 is 0 Å². The molecule has 0 heterocycles. The van der Waals surface area contributed by atoms with E-state index in [1.54, 1.807) is 42.5 Å². The Hall–Kier alpha value is -3.13. The van der Waals surface area contributed by atoms with Gasteiger partial charge in [0.25, 0.3) is 5.69 Å². The third kappa shape index (κ3) is 2.90. The van der Waals surface area contributed by atoms with Gasteiger partial charge in [-0.05, 0) is 12.1 Å². The maximum absolute atomic E-state index is 11.2. The van der Waals surface area contributed by atoms with Crippen molar-refractivity contribution in [3.63, 3.8) is 0 Å². The monoisotopic (exact) mass is 280 g/mol. The number of allylic oxidation sites excluding steroid dienone is 1. The van der Waals surface area contributed by atoms with E-state index in [4.69, 9.17) is 10.00 Å². The van der Waals surface area contributed by atoms with Gasteiger partial charge in [-0.1, -0.05) is 30.3 Å². The minimum absolute atomic E-state index is 0.0510. The average molecular weight is 280 g/mol. The van der Waals surface area contributed by atoms with Crippen molar-refractivity contribution in [2.24, 2.45) is 0 Å². The Kier molecular flexibility index (Phi) is 4.32. The molecule has 0 saturated heterocycles. The number of nitro benzene ring substituents is 1. The number of para-hydroxylation sites is 2. The van der Waals surface area contributed by atoms with Crippen LogP contribution in [0.25, 0.3) is 5.57 Å². The van der Waals surface area contributed by atoms with Crippen molar-refractivity contribution >= 4 is 11.3 Å². The predicted molar refractivity (Wildman–Crippen MR) is 78.8 cm³/mol. The molecule has 0 saturated carbocycles. The van der Waals surface area contributed by atoms with Crippen molar-refractivity contribution in [3.05, 3.63) is 75.8 Å². The number of hydrogen-bond donors (Lipinski definition) is 0. The number of rotatable bonds is 4. The Bertz CT molecular complexity index is 745. The second kappa shape index (κ2) is 6.35. The first-order chi connectivity index (χ1) is 10.2. The summed E-state index contributed by atoms with van der Waals surface area (Å²) >= 11 is 0. The molecule has 2 rings (SSSR count). The lowest BCUT2D eigenvalue weighted by molar-refractivity contribution is -0.385. The fraction of sp³-hybridized carbons (Fsp3) is 0.0625. The maximum atomic E-state index is 11.2. The summed E-state index contributed by atoms with van der Waals surface area (Å²) in [6.07, 6.45) is 1.29. The van der Waals surface area contributed by atoms with E-state index in [-0.39, 0.29) is 5.69 Å². The number of methoxy groups -OCH3 is 1. The van der Waals surface area contributed by atoms with Gasteiger partial charge in [-0.3, -0.25) is 10.1 Å². The number of nitriles is 1. The van der Waals surface area contributed by atoms with Gasteiger partial charge in [-0.25, -0.2) is 0 Å². The molecule has 0 amide bonds. The summed E-state index contributed by atoms with van der Waals surface area (Å²) in [6, 6.07) is 15.4. The quantitative estimate of drug-likeness (QED) is 0.487. The van der Waals surface area contributed by atoms with Gasteiger partial charge >= 0.3 is 0 Å². The Morgan fingerprint density at radius 2 is 1.81 bits per heavy atom. The second-order valence-electron chi connectivity index (χ2n) is 4.16. The molecule has 0 aliphatic rings. The maximum Gasteiger partial charge on any atom is 0.277 e. The van der Waals surface area contributed by atoms with Crippen LogP contribution in [0.5, 0.6) is 5.75 Å². The molecule has 0 aromatic heterocycles. The molecule has 104 valence electrons. The third-order valence-electron chi connectivity index (χ3n) is 3.00. The molecule has 2 aromatic carbocycles. The van der Waals surface area contributed by atoms with Crippen LogP contribution in [0.4, 0.5) is 5.69 Å². The summed E-state index contributed by atoms with van der Waals surface area (Å²) in [7, 11) is 1.52. The first-order valence-electron chi connectivity index (χ1n) is 6.16. The highest BCUT2D eigenvalue weighted by Gasteiger charge is 2.19. The van der Waals surface area contributed by atoms with Crippen LogP contribution in [0.3, 0.4) is 0 Å². The molecule has 5 heteroatoms. The van der Waals surface area contributed by atoms with E-state index in [1.165, 1.54) is 19.3 Å². The second-order valence-corrected chi connectivity index (χ2v) is 4.16. The third-order valence-corrected chi connectivity index (χ3v) is 3.00. The van der Waals surface area contributed by atoms with E-state index < -0.39 is 4.92 Å².